The Bertz CT molecular complexity index is 1060. The van der Waals surface area contributed by atoms with Crippen molar-refractivity contribution in [3.8, 4) is 11.1 Å². The number of rotatable bonds is 7. The topological polar surface area (TPSA) is 73.2 Å². The maximum Gasteiger partial charge on any atom is 0.307 e. The van der Waals surface area contributed by atoms with E-state index < -0.39 is 17.7 Å². The summed E-state index contributed by atoms with van der Waals surface area (Å²) in [6.45, 7) is 4.02. The van der Waals surface area contributed by atoms with Crippen LogP contribution in [0, 0.1) is 19.7 Å². The summed E-state index contributed by atoms with van der Waals surface area (Å²) in [6.07, 6.45) is 0.0293. The van der Waals surface area contributed by atoms with Crippen molar-refractivity contribution in [1.82, 2.24) is 15.1 Å². The fourth-order valence-electron chi connectivity index (χ4n) is 3.25. The predicted molar refractivity (Wildman–Crippen MR) is 111 cm³/mol. The molecule has 0 bridgehead atoms. The standard InChI is InChI=1S/C23H24FN3O3/c1-15-22(16(2)27(3)26-15)18-11-19(13-20(24)12-18)23(29)25-10-9-21(28)30-14-17-7-5-4-6-8-17/h4-8,11-13H,9-10,14H2,1-3H3,(H,25,29). The lowest BCUT2D eigenvalue weighted by Crippen LogP contribution is -2.26. The van der Waals surface area contributed by atoms with Gasteiger partial charge in [-0.1, -0.05) is 30.3 Å². The number of esters is 1. The minimum Gasteiger partial charge on any atom is -0.461 e. The number of hydrogen-bond acceptors (Lipinski definition) is 4. The molecule has 0 saturated carbocycles. The van der Waals surface area contributed by atoms with Gasteiger partial charge >= 0.3 is 5.97 Å². The summed E-state index contributed by atoms with van der Waals surface area (Å²) in [4.78, 5) is 24.3. The highest BCUT2D eigenvalue weighted by atomic mass is 19.1. The quantitative estimate of drug-likeness (QED) is 0.604. The molecular formula is C23H24FN3O3. The second kappa shape index (κ2) is 9.35. The molecule has 0 saturated heterocycles. The first-order valence-corrected chi connectivity index (χ1v) is 9.64. The number of aryl methyl sites for hydroxylation is 2. The minimum atomic E-state index is -0.512. The van der Waals surface area contributed by atoms with Crippen LogP contribution in [0.25, 0.3) is 11.1 Å². The molecule has 0 aliphatic carbocycles. The van der Waals surface area contributed by atoms with Crippen LogP contribution in [-0.4, -0.2) is 28.2 Å². The van der Waals surface area contributed by atoms with Crippen LogP contribution in [0.1, 0.15) is 33.7 Å². The van der Waals surface area contributed by atoms with Crippen molar-refractivity contribution < 1.29 is 18.7 Å². The van der Waals surface area contributed by atoms with Crippen LogP contribution in [0.5, 0.6) is 0 Å². The molecule has 2 aromatic carbocycles. The van der Waals surface area contributed by atoms with E-state index in [1.165, 1.54) is 12.1 Å². The van der Waals surface area contributed by atoms with Crippen molar-refractivity contribution in [3.05, 3.63) is 76.9 Å². The molecule has 0 spiro atoms. The lowest BCUT2D eigenvalue weighted by Gasteiger charge is -2.09. The molecule has 3 rings (SSSR count). The molecule has 1 amide bonds. The van der Waals surface area contributed by atoms with E-state index in [9.17, 15) is 14.0 Å². The average Bonchev–Trinajstić information content (AvgIpc) is 2.98. The van der Waals surface area contributed by atoms with E-state index in [1.54, 1.807) is 10.7 Å². The van der Waals surface area contributed by atoms with Gasteiger partial charge in [0.2, 0.25) is 0 Å². The molecular weight excluding hydrogens is 385 g/mol. The van der Waals surface area contributed by atoms with Crippen molar-refractivity contribution in [3.63, 3.8) is 0 Å². The fraction of sp³-hybridized carbons (Fsp3) is 0.261. The second-order valence-electron chi connectivity index (χ2n) is 7.05. The summed E-state index contributed by atoms with van der Waals surface area (Å²) in [5.74, 6) is -1.38. The first-order valence-electron chi connectivity index (χ1n) is 9.64. The number of amides is 1. The maximum absolute atomic E-state index is 14.2. The summed E-state index contributed by atoms with van der Waals surface area (Å²) >= 11 is 0. The third kappa shape index (κ3) is 5.11. The lowest BCUT2D eigenvalue weighted by atomic mass is 10.0. The number of carbonyl (C=O) groups is 2. The van der Waals surface area contributed by atoms with Gasteiger partial charge < -0.3 is 10.1 Å². The minimum absolute atomic E-state index is 0.0293. The zero-order chi connectivity index (χ0) is 21.7. The van der Waals surface area contributed by atoms with E-state index in [1.807, 2.05) is 51.2 Å². The SMILES string of the molecule is Cc1nn(C)c(C)c1-c1cc(F)cc(C(=O)NCCC(=O)OCc2ccccc2)c1. The third-order valence-electron chi connectivity index (χ3n) is 4.81. The van der Waals surface area contributed by atoms with Gasteiger partial charge in [-0.05, 0) is 43.2 Å². The van der Waals surface area contributed by atoms with E-state index in [-0.39, 0.29) is 25.1 Å². The number of aromatic nitrogens is 2. The Morgan fingerprint density at radius 3 is 2.53 bits per heavy atom. The molecule has 1 N–H and O–H groups in total. The van der Waals surface area contributed by atoms with Crippen LogP contribution >= 0.6 is 0 Å². The molecule has 0 atom stereocenters. The van der Waals surface area contributed by atoms with Gasteiger partial charge in [0.05, 0.1) is 12.1 Å². The van der Waals surface area contributed by atoms with E-state index in [4.69, 9.17) is 4.74 Å². The van der Waals surface area contributed by atoms with E-state index in [2.05, 4.69) is 10.4 Å². The van der Waals surface area contributed by atoms with Crippen LogP contribution in [0.4, 0.5) is 4.39 Å². The summed E-state index contributed by atoms with van der Waals surface area (Å²) in [7, 11) is 1.82. The molecule has 30 heavy (non-hydrogen) atoms. The van der Waals surface area contributed by atoms with Crippen LogP contribution in [-0.2, 0) is 23.2 Å². The fourth-order valence-corrected chi connectivity index (χ4v) is 3.25. The highest BCUT2D eigenvalue weighted by molar-refractivity contribution is 5.95. The number of halogens is 1. The van der Waals surface area contributed by atoms with Crippen molar-refractivity contribution in [2.24, 2.45) is 7.05 Å². The molecule has 7 heteroatoms. The van der Waals surface area contributed by atoms with Gasteiger partial charge in [-0.2, -0.15) is 5.10 Å². The molecule has 0 radical (unpaired) electrons. The van der Waals surface area contributed by atoms with Gasteiger partial charge in [0.25, 0.3) is 5.91 Å². The van der Waals surface area contributed by atoms with Gasteiger partial charge in [0.15, 0.2) is 0 Å². The number of nitrogens with zero attached hydrogens (tertiary/aromatic N) is 2. The maximum atomic E-state index is 14.2. The van der Waals surface area contributed by atoms with Crippen LogP contribution < -0.4 is 5.32 Å². The molecule has 0 aliphatic rings. The normalized spacial score (nSPS) is 10.7. The monoisotopic (exact) mass is 409 g/mol. The van der Waals surface area contributed by atoms with Gasteiger partial charge in [0, 0.05) is 30.4 Å². The van der Waals surface area contributed by atoms with Gasteiger partial charge in [-0.25, -0.2) is 4.39 Å². The Hall–Kier alpha value is -3.48. The lowest BCUT2D eigenvalue weighted by molar-refractivity contribution is -0.144. The van der Waals surface area contributed by atoms with Crippen LogP contribution in [0.15, 0.2) is 48.5 Å². The average molecular weight is 409 g/mol. The van der Waals surface area contributed by atoms with Crippen molar-refractivity contribution in [2.75, 3.05) is 6.54 Å². The molecule has 156 valence electrons. The van der Waals surface area contributed by atoms with Crippen molar-refractivity contribution >= 4 is 11.9 Å². The smallest absolute Gasteiger partial charge is 0.307 e. The molecule has 1 aromatic heterocycles. The zero-order valence-electron chi connectivity index (χ0n) is 17.2. The number of carbonyl (C=O) groups excluding carboxylic acids is 2. The van der Waals surface area contributed by atoms with Crippen LogP contribution in [0.3, 0.4) is 0 Å². The molecule has 6 nitrogen and oxygen atoms in total. The first-order chi connectivity index (χ1) is 14.3. The van der Waals surface area contributed by atoms with E-state index >= 15 is 0 Å². The van der Waals surface area contributed by atoms with Gasteiger partial charge in [-0.3, -0.25) is 14.3 Å². The van der Waals surface area contributed by atoms with Gasteiger partial charge in [0.1, 0.15) is 12.4 Å². The highest BCUT2D eigenvalue weighted by Gasteiger charge is 2.16. The van der Waals surface area contributed by atoms with Crippen molar-refractivity contribution in [1.29, 1.82) is 0 Å². The van der Waals surface area contributed by atoms with E-state index in [0.29, 0.717) is 5.56 Å². The number of nitrogens with one attached hydrogen (secondary N) is 1. The second-order valence-corrected chi connectivity index (χ2v) is 7.05. The molecule has 3 aromatic rings. The Labute approximate surface area is 174 Å². The number of benzene rings is 2. The summed E-state index contributed by atoms with van der Waals surface area (Å²) in [5, 5.41) is 6.98. The predicted octanol–water partition coefficient (Wildman–Crippen LogP) is 3.71. The molecule has 1 heterocycles. The van der Waals surface area contributed by atoms with Gasteiger partial charge in [-0.15, -0.1) is 0 Å². The Morgan fingerprint density at radius 2 is 1.87 bits per heavy atom. The zero-order valence-corrected chi connectivity index (χ0v) is 17.2. The largest absolute Gasteiger partial charge is 0.461 e. The van der Waals surface area contributed by atoms with Crippen LogP contribution in [0.2, 0.25) is 0 Å². The molecule has 0 unspecified atom stereocenters. The van der Waals surface area contributed by atoms with E-state index in [0.717, 1.165) is 22.5 Å². The van der Waals surface area contributed by atoms with Crippen molar-refractivity contribution in [2.45, 2.75) is 26.9 Å². The summed E-state index contributed by atoms with van der Waals surface area (Å²) < 4.78 is 21.1. The molecule has 0 fully saturated rings. The third-order valence-corrected chi connectivity index (χ3v) is 4.81. The Kier molecular flexibility index (Phi) is 6.61. The molecule has 0 aliphatic heterocycles. The highest BCUT2D eigenvalue weighted by Crippen LogP contribution is 2.28. The first kappa shape index (κ1) is 21.2. The summed E-state index contributed by atoms with van der Waals surface area (Å²) in [5.41, 5.74) is 4.10. The Morgan fingerprint density at radius 1 is 1.13 bits per heavy atom. The number of hydrogen-bond donors (Lipinski definition) is 1. The summed E-state index contributed by atoms with van der Waals surface area (Å²) in [6, 6.07) is 13.5. The Balaban J connectivity index is 1.59. The number of ether oxygens (including phenoxy) is 1.